The van der Waals surface area contributed by atoms with Crippen LogP contribution in [0.2, 0.25) is 0 Å². The van der Waals surface area contributed by atoms with E-state index in [0.29, 0.717) is 12.1 Å². The zero-order valence-corrected chi connectivity index (χ0v) is 12.1. The Hall–Kier alpha value is -2.37. The minimum Gasteiger partial charge on any atom is -0.355 e. The van der Waals surface area contributed by atoms with Crippen molar-refractivity contribution < 1.29 is 14.4 Å². The van der Waals surface area contributed by atoms with Crippen LogP contribution in [-0.2, 0) is 9.59 Å². The predicted octanol–water partition coefficient (Wildman–Crippen LogP) is 0.449. The Kier molecular flexibility index (Phi) is 7.56. The van der Waals surface area contributed by atoms with Crippen LogP contribution in [0.5, 0.6) is 0 Å². The Morgan fingerprint density at radius 1 is 0.905 bits per heavy atom. The van der Waals surface area contributed by atoms with Crippen molar-refractivity contribution in [1.82, 2.24) is 16.0 Å². The highest BCUT2D eigenvalue weighted by Crippen LogP contribution is 1.97. The fraction of sp³-hybridized carbons (Fsp3) is 0.400. The monoisotopic (exact) mass is 291 g/mol. The van der Waals surface area contributed by atoms with E-state index < -0.39 is 5.91 Å². The van der Waals surface area contributed by atoms with Crippen molar-refractivity contribution in [2.75, 3.05) is 19.6 Å². The van der Waals surface area contributed by atoms with E-state index in [1.54, 1.807) is 30.3 Å². The van der Waals surface area contributed by atoms with Gasteiger partial charge in [0.2, 0.25) is 11.8 Å². The molecule has 0 unspecified atom stereocenters. The first-order valence-electron chi connectivity index (χ1n) is 7.00. The molecule has 6 nitrogen and oxygen atoms in total. The maximum absolute atomic E-state index is 11.7. The first-order chi connectivity index (χ1) is 10.1. The highest BCUT2D eigenvalue weighted by atomic mass is 16.2. The number of hydrogen-bond donors (Lipinski definition) is 3. The van der Waals surface area contributed by atoms with Crippen molar-refractivity contribution in [3.05, 3.63) is 35.9 Å². The van der Waals surface area contributed by atoms with Gasteiger partial charge in [-0.1, -0.05) is 31.5 Å². The summed E-state index contributed by atoms with van der Waals surface area (Å²) in [6, 6.07) is 8.62. The van der Waals surface area contributed by atoms with Gasteiger partial charge in [0.25, 0.3) is 5.91 Å². The van der Waals surface area contributed by atoms with Gasteiger partial charge in [0, 0.05) is 12.1 Å². The number of unbranched alkanes of at least 4 members (excludes halogenated alkanes) is 1. The summed E-state index contributed by atoms with van der Waals surface area (Å²) in [5.41, 5.74) is 0.489. The smallest absolute Gasteiger partial charge is 0.251 e. The molecule has 0 spiro atoms. The molecular weight excluding hydrogens is 270 g/mol. The van der Waals surface area contributed by atoms with Gasteiger partial charge in [-0.2, -0.15) is 0 Å². The third kappa shape index (κ3) is 7.10. The van der Waals surface area contributed by atoms with Crippen LogP contribution in [0.4, 0.5) is 0 Å². The molecule has 1 aromatic rings. The maximum Gasteiger partial charge on any atom is 0.251 e. The number of hydrogen-bond acceptors (Lipinski definition) is 3. The Labute approximate surface area is 124 Å². The predicted molar refractivity (Wildman–Crippen MR) is 79.7 cm³/mol. The number of amides is 3. The van der Waals surface area contributed by atoms with Crippen LogP contribution in [0.25, 0.3) is 0 Å². The molecule has 0 saturated heterocycles. The topological polar surface area (TPSA) is 87.3 Å². The Bertz CT molecular complexity index is 474. The first kappa shape index (κ1) is 16.7. The summed E-state index contributed by atoms with van der Waals surface area (Å²) in [6.45, 7) is 2.40. The largest absolute Gasteiger partial charge is 0.355 e. The van der Waals surface area contributed by atoms with Crippen molar-refractivity contribution >= 4 is 17.7 Å². The summed E-state index contributed by atoms with van der Waals surface area (Å²) < 4.78 is 0. The van der Waals surface area contributed by atoms with Crippen LogP contribution < -0.4 is 16.0 Å². The molecule has 3 N–H and O–H groups in total. The molecule has 0 fully saturated rings. The number of carbonyl (C=O) groups is 3. The highest BCUT2D eigenvalue weighted by Gasteiger charge is 2.08. The van der Waals surface area contributed by atoms with Crippen LogP contribution in [0.15, 0.2) is 30.3 Å². The molecular formula is C15H21N3O3. The maximum atomic E-state index is 11.7. The van der Waals surface area contributed by atoms with Gasteiger partial charge in [0.05, 0.1) is 13.1 Å². The van der Waals surface area contributed by atoms with E-state index in [2.05, 4.69) is 16.0 Å². The molecule has 0 radical (unpaired) electrons. The summed E-state index contributed by atoms with van der Waals surface area (Å²) in [4.78, 5) is 34.6. The van der Waals surface area contributed by atoms with Gasteiger partial charge in [0.15, 0.2) is 0 Å². The van der Waals surface area contributed by atoms with Crippen LogP contribution in [-0.4, -0.2) is 37.4 Å². The molecule has 0 bridgehead atoms. The summed E-state index contributed by atoms with van der Waals surface area (Å²) in [6.07, 6.45) is 1.91. The summed E-state index contributed by atoms with van der Waals surface area (Å²) >= 11 is 0. The number of nitrogens with one attached hydrogen (secondary N) is 3. The van der Waals surface area contributed by atoms with E-state index in [4.69, 9.17) is 0 Å². The molecule has 0 aliphatic carbocycles. The van der Waals surface area contributed by atoms with Crippen molar-refractivity contribution in [2.24, 2.45) is 0 Å². The summed E-state index contributed by atoms with van der Waals surface area (Å²) in [7, 11) is 0. The molecule has 0 atom stereocenters. The lowest BCUT2D eigenvalue weighted by Crippen LogP contribution is -2.42. The molecule has 114 valence electrons. The minimum atomic E-state index is -0.398. The molecule has 0 aliphatic heterocycles. The second-order valence-electron chi connectivity index (χ2n) is 4.53. The molecule has 0 saturated carbocycles. The minimum absolute atomic E-state index is 0.0796. The van der Waals surface area contributed by atoms with Gasteiger partial charge in [-0.15, -0.1) is 0 Å². The highest BCUT2D eigenvalue weighted by molar-refractivity contribution is 5.96. The lowest BCUT2D eigenvalue weighted by atomic mass is 10.2. The van der Waals surface area contributed by atoms with Gasteiger partial charge >= 0.3 is 0 Å². The van der Waals surface area contributed by atoms with Crippen molar-refractivity contribution in [2.45, 2.75) is 19.8 Å². The van der Waals surface area contributed by atoms with Gasteiger partial charge < -0.3 is 16.0 Å². The zero-order chi connectivity index (χ0) is 15.5. The molecule has 1 aromatic carbocycles. The van der Waals surface area contributed by atoms with Gasteiger partial charge in [-0.25, -0.2) is 0 Å². The normalized spacial score (nSPS) is 9.76. The number of benzene rings is 1. The zero-order valence-electron chi connectivity index (χ0n) is 12.1. The molecule has 21 heavy (non-hydrogen) atoms. The van der Waals surface area contributed by atoms with Crippen LogP contribution >= 0.6 is 0 Å². The summed E-state index contributed by atoms with van der Waals surface area (Å²) in [5, 5.41) is 7.63. The molecule has 0 heterocycles. The lowest BCUT2D eigenvalue weighted by Gasteiger charge is -2.07. The number of carbonyl (C=O) groups excluding carboxylic acids is 3. The van der Waals surface area contributed by atoms with Crippen molar-refractivity contribution in [3.63, 3.8) is 0 Å². The summed E-state index contributed by atoms with van der Waals surface area (Å²) in [5.74, 6) is -0.950. The SMILES string of the molecule is CCCCNC(=O)CNC(=O)CNC(=O)c1ccccc1. The lowest BCUT2D eigenvalue weighted by molar-refractivity contribution is -0.125. The molecule has 0 aliphatic rings. The molecule has 0 aromatic heterocycles. The van der Waals surface area contributed by atoms with Crippen LogP contribution in [0.1, 0.15) is 30.1 Å². The Morgan fingerprint density at radius 2 is 1.52 bits per heavy atom. The third-order valence-electron chi connectivity index (χ3n) is 2.74. The van der Waals surface area contributed by atoms with Gasteiger partial charge in [-0.05, 0) is 18.6 Å². The standard InChI is InChI=1S/C15H21N3O3/c1-2-3-9-16-13(19)10-17-14(20)11-18-15(21)12-7-5-4-6-8-12/h4-8H,2-3,9-11H2,1H3,(H,16,19)(H,17,20)(H,18,21). The van der Waals surface area contributed by atoms with Crippen molar-refractivity contribution in [3.8, 4) is 0 Å². The second kappa shape index (κ2) is 9.52. The number of rotatable bonds is 8. The Morgan fingerprint density at radius 3 is 2.19 bits per heavy atom. The van der Waals surface area contributed by atoms with Crippen LogP contribution in [0.3, 0.4) is 0 Å². The van der Waals surface area contributed by atoms with Crippen molar-refractivity contribution in [1.29, 1.82) is 0 Å². The fourth-order valence-corrected chi connectivity index (χ4v) is 1.56. The first-order valence-corrected chi connectivity index (χ1v) is 7.00. The van der Waals surface area contributed by atoms with E-state index >= 15 is 0 Å². The molecule has 3 amide bonds. The average molecular weight is 291 g/mol. The van der Waals surface area contributed by atoms with E-state index in [9.17, 15) is 14.4 Å². The second-order valence-corrected chi connectivity index (χ2v) is 4.53. The quantitative estimate of drug-likeness (QED) is 0.608. The van der Waals surface area contributed by atoms with Crippen LogP contribution in [0, 0.1) is 0 Å². The van der Waals surface area contributed by atoms with Gasteiger partial charge in [-0.3, -0.25) is 14.4 Å². The van der Waals surface area contributed by atoms with E-state index in [0.717, 1.165) is 12.8 Å². The fourth-order valence-electron chi connectivity index (χ4n) is 1.56. The molecule has 1 rings (SSSR count). The van der Waals surface area contributed by atoms with E-state index in [1.807, 2.05) is 6.92 Å². The van der Waals surface area contributed by atoms with E-state index in [1.165, 1.54) is 0 Å². The Balaban J connectivity index is 2.19. The van der Waals surface area contributed by atoms with Gasteiger partial charge in [0.1, 0.15) is 0 Å². The molecule has 6 heteroatoms. The van der Waals surface area contributed by atoms with E-state index in [-0.39, 0.29) is 24.9 Å². The third-order valence-corrected chi connectivity index (χ3v) is 2.74. The average Bonchev–Trinajstić information content (AvgIpc) is 2.51.